The van der Waals surface area contributed by atoms with Gasteiger partial charge in [-0.3, -0.25) is 9.59 Å². The van der Waals surface area contributed by atoms with E-state index in [2.05, 4.69) is 0 Å². The first-order valence-corrected chi connectivity index (χ1v) is 8.58. The highest BCUT2D eigenvalue weighted by Crippen LogP contribution is 2.10. The van der Waals surface area contributed by atoms with E-state index >= 15 is 0 Å². The van der Waals surface area contributed by atoms with E-state index in [0.29, 0.717) is 13.1 Å². The van der Waals surface area contributed by atoms with Gasteiger partial charge in [-0.2, -0.15) is 0 Å². The molecule has 0 spiro atoms. The standard InChI is InChI=1S/C20H26N2O3/c1-16(2)22(17(3)23)15-20(24)21(14-19-10-7-13-25-19)12-11-18-8-5-4-6-9-18/h4-10,13,16H,11-12,14-15H2,1-3H3. The van der Waals surface area contributed by atoms with Crippen LogP contribution in [0.1, 0.15) is 32.1 Å². The third-order valence-electron chi connectivity index (χ3n) is 4.13. The van der Waals surface area contributed by atoms with E-state index in [-0.39, 0.29) is 24.4 Å². The molecule has 1 heterocycles. The first-order valence-electron chi connectivity index (χ1n) is 8.58. The molecule has 0 fully saturated rings. The molecule has 1 aromatic carbocycles. The molecule has 0 aliphatic heterocycles. The summed E-state index contributed by atoms with van der Waals surface area (Å²) in [5.74, 6) is 0.570. The summed E-state index contributed by atoms with van der Waals surface area (Å²) in [5, 5.41) is 0. The molecule has 0 saturated carbocycles. The quantitative estimate of drug-likeness (QED) is 0.741. The van der Waals surface area contributed by atoms with Crippen LogP contribution in [0.2, 0.25) is 0 Å². The fourth-order valence-electron chi connectivity index (χ4n) is 2.69. The predicted molar refractivity (Wildman–Crippen MR) is 96.8 cm³/mol. The summed E-state index contributed by atoms with van der Waals surface area (Å²) < 4.78 is 5.39. The van der Waals surface area contributed by atoms with Crippen LogP contribution >= 0.6 is 0 Å². The minimum Gasteiger partial charge on any atom is -0.467 e. The lowest BCUT2D eigenvalue weighted by Crippen LogP contribution is -2.45. The SMILES string of the molecule is CC(=O)N(CC(=O)N(CCc1ccccc1)Cc1ccco1)C(C)C. The molecule has 0 radical (unpaired) electrons. The van der Waals surface area contributed by atoms with Crippen molar-refractivity contribution in [3.8, 4) is 0 Å². The summed E-state index contributed by atoms with van der Waals surface area (Å²) >= 11 is 0. The largest absolute Gasteiger partial charge is 0.467 e. The van der Waals surface area contributed by atoms with Crippen molar-refractivity contribution in [3.63, 3.8) is 0 Å². The number of hydrogen-bond acceptors (Lipinski definition) is 3. The highest BCUT2D eigenvalue weighted by atomic mass is 16.3. The Morgan fingerprint density at radius 1 is 1.08 bits per heavy atom. The van der Waals surface area contributed by atoms with Crippen LogP contribution in [0.25, 0.3) is 0 Å². The molecular weight excluding hydrogens is 316 g/mol. The van der Waals surface area contributed by atoms with Gasteiger partial charge >= 0.3 is 0 Å². The lowest BCUT2D eigenvalue weighted by molar-refractivity contribution is -0.141. The van der Waals surface area contributed by atoms with Crippen molar-refractivity contribution < 1.29 is 14.0 Å². The number of carbonyl (C=O) groups excluding carboxylic acids is 2. The van der Waals surface area contributed by atoms with E-state index in [1.165, 1.54) is 12.5 Å². The van der Waals surface area contributed by atoms with E-state index in [1.807, 2.05) is 56.3 Å². The van der Waals surface area contributed by atoms with E-state index in [1.54, 1.807) is 16.1 Å². The minimum atomic E-state index is -0.0932. The predicted octanol–water partition coefficient (Wildman–Crippen LogP) is 3.11. The van der Waals surface area contributed by atoms with Gasteiger partial charge in [0.25, 0.3) is 0 Å². The fraction of sp³-hybridized carbons (Fsp3) is 0.400. The minimum absolute atomic E-state index is 0.0129. The Morgan fingerprint density at radius 2 is 1.80 bits per heavy atom. The molecule has 0 unspecified atom stereocenters. The normalized spacial score (nSPS) is 10.7. The summed E-state index contributed by atoms with van der Waals surface area (Å²) in [5.41, 5.74) is 1.17. The molecule has 0 aliphatic carbocycles. The van der Waals surface area contributed by atoms with Gasteiger partial charge in [-0.05, 0) is 38.0 Å². The molecule has 0 atom stereocenters. The average molecular weight is 342 g/mol. The van der Waals surface area contributed by atoms with Crippen molar-refractivity contribution in [3.05, 3.63) is 60.1 Å². The van der Waals surface area contributed by atoms with Gasteiger partial charge in [-0.15, -0.1) is 0 Å². The van der Waals surface area contributed by atoms with Crippen molar-refractivity contribution >= 4 is 11.8 Å². The molecule has 2 aromatic rings. The zero-order valence-corrected chi connectivity index (χ0v) is 15.1. The van der Waals surface area contributed by atoms with Gasteiger partial charge < -0.3 is 14.2 Å². The van der Waals surface area contributed by atoms with E-state index in [4.69, 9.17) is 4.42 Å². The van der Waals surface area contributed by atoms with Gasteiger partial charge in [0.15, 0.2) is 0 Å². The Morgan fingerprint density at radius 3 is 2.36 bits per heavy atom. The third-order valence-corrected chi connectivity index (χ3v) is 4.13. The topological polar surface area (TPSA) is 53.8 Å². The first-order chi connectivity index (χ1) is 12.0. The van der Waals surface area contributed by atoms with Crippen molar-refractivity contribution in [1.82, 2.24) is 9.80 Å². The molecule has 5 heteroatoms. The number of carbonyl (C=O) groups is 2. The number of hydrogen-bond donors (Lipinski definition) is 0. The molecular formula is C20H26N2O3. The van der Waals surface area contributed by atoms with Gasteiger partial charge in [0.1, 0.15) is 5.76 Å². The number of furan rings is 1. The average Bonchev–Trinajstić information content (AvgIpc) is 3.09. The molecule has 0 aliphatic rings. The van der Waals surface area contributed by atoms with E-state index in [0.717, 1.165) is 12.2 Å². The maximum Gasteiger partial charge on any atom is 0.242 e. The lowest BCUT2D eigenvalue weighted by Gasteiger charge is -2.29. The fourth-order valence-corrected chi connectivity index (χ4v) is 2.69. The Kier molecular flexibility index (Phi) is 6.81. The summed E-state index contributed by atoms with van der Waals surface area (Å²) in [7, 11) is 0. The highest BCUT2D eigenvalue weighted by Gasteiger charge is 2.22. The van der Waals surface area contributed by atoms with Crippen LogP contribution in [0, 0.1) is 0 Å². The zero-order valence-electron chi connectivity index (χ0n) is 15.1. The van der Waals surface area contributed by atoms with Crippen LogP contribution in [-0.2, 0) is 22.6 Å². The summed E-state index contributed by atoms with van der Waals surface area (Å²) in [4.78, 5) is 27.9. The van der Waals surface area contributed by atoms with Gasteiger partial charge in [0.05, 0.1) is 19.4 Å². The highest BCUT2D eigenvalue weighted by molar-refractivity contribution is 5.84. The van der Waals surface area contributed by atoms with Crippen molar-refractivity contribution in [2.75, 3.05) is 13.1 Å². The molecule has 2 amide bonds. The Labute approximate surface area is 149 Å². The van der Waals surface area contributed by atoms with Crippen molar-refractivity contribution in [1.29, 1.82) is 0 Å². The summed E-state index contributed by atoms with van der Waals surface area (Å²) in [6.45, 7) is 6.39. The second kappa shape index (κ2) is 9.06. The molecule has 0 bridgehead atoms. The molecule has 25 heavy (non-hydrogen) atoms. The molecule has 0 N–H and O–H groups in total. The zero-order chi connectivity index (χ0) is 18.2. The smallest absolute Gasteiger partial charge is 0.242 e. The summed E-state index contributed by atoms with van der Waals surface area (Å²) in [6.07, 6.45) is 2.36. The molecule has 5 nitrogen and oxygen atoms in total. The lowest BCUT2D eigenvalue weighted by atomic mass is 10.1. The molecule has 0 saturated heterocycles. The maximum absolute atomic E-state index is 12.8. The van der Waals surface area contributed by atoms with Crippen LogP contribution in [0.4, 0.5) is 0 Å². The molecule has 2 rings (SSSR count). The van der Waals surface area contributed by atoms with Crippen molar-refractivity contribution in [2.45, 2.75) is 39.8 Å². The van der Waals surface area contributed by atoms with E-state index in [9.17, 15) is 9.59 Å². The van der Waals surface area contributed by atoms with Crippen LogP contribution in [0.3, 0.4) is 0 Å². The van der Waals surface area contributed by atoms with Gasteiger partial charge in [0, 0.05) is 19.5 Å². The first kappa shape index (κ1) is 18.8. The summed E-state index contributed by atoms with van der Waals surface area (Å²) in [6, 6.07) is 13.7. The van der Waals surface area contributed by atoms with Gasteiger partial charge in [0.2, 0.25) is 11.8 Å². The molecule has 134 valence electrons. The van der Waals surface area contributed by atoms with Gasteiger partial charge in [-0.1, -0.05) is 30.3 Å². The number of rotatable bonds is 8. The Balaban J connectivity index is 2.06. The van der Waals surface area contributed by atoms with Crippen LogP contribution in [0.5, 0.6) is 0 Å². The Hall–Kier alpha value is -2.56. The van der Waals surface area contributed by atoms with Gasteiger partial charge in [-0.25, -0.2) is 0 Å². The second-order valence-electron chi connectivity index (χ2n) is 6.37. The van der Waals surface area contributed by atoms with Crippen LogP contribution in [0.15, 0.2) is 53.1 Å². The molecule has 1 aromatic heterocycles. The monoisotopic (exact) mass is 342 g/mol. The Bertz CT molecular complexity index is 666. The number of nitrogens with zero attached hydrogens (tertiary/aromatic N) is 2. The van der Waals surface area contributed by atoms with Crippen LogP contribution < -0.4 is 0 Å². The second-order valence-corrected chi connectivity index (χ2v) is 6.37. The maximum atomic E-state index is 12.8. The van der Waals surface area contributed by atoms with E-state index < -0.39 is 0 Å². The van der Waals surface area contributed by atoms with Crippen LogP contribution in [-0.4, -0.2) is 40.7 Å². The number of benzene rings is 1. The third kappa shape index (κ3) is 5.78. The van der Waals surface area contributed by atoms with Crippen molar-refractivity contribution in [2.24, 2.45) is 0 Å². The number of amides is 2.